The Labute approximate surface area is 144 Å². The van der Waals surface area contributed by atoms with Crippen molar-refractivity contribution < 1.29 is 9.53 Å². The predicted octanol–water partition coefficient (Wildman–Crippen LogP) is 5.09. The Hall–Kier alpha value is -2.29. The van der Waals surface area contributed by atoms with Gasteiger partial charge in [-0.15, -0.1) is 0 Å². The number of esters is 1. The molecule has 2 aromatic carbocycles. The monoisotopic (exact) mass is 323 g/mol. The lowest BCUT2D eigenvalue weighted by molar-refractivity contribution is -0.148. The second kappa shape index (κ2) is 8.53. The summed E-state index contributed by atoms with van der Waals surface area (Å²) in [5.41, 5.74) is 2.39. The third-order valence-electron chi connectivity index (χ3n) is 4.50. The van der Waals surface area contributed by atoms with Crippen LogP contribution in [0, 0.1) is 0 Å². The molecule has 1 unspecified atom stereocenters. The fourth-order valence-corrected chi connectivity index (χ4v) is 3.25. The van der Waals surface area contributed by atoms with E-state index in [0.717, 1.165) is 38.6 Å². The number of hydrogen-bond acceptors (Lipinski definition) is 3. The number of cyclic esters (lactones) is 1. The van der Waals surface area contributed by atoms with E-state index in [-0.39, 0.29) is 12.1 Å². The number of anilines is 2. The maximum atomic E-state index is 11.6. The Morgan fingerprint density at radius 1 is 0.917 bits per heavy atom. The van der Waals surface area contributed by atoms with Gasteiger partial charge in [0.25, 0.3) is 0 Å². The minimum absolute atomic E-state index is 0.0273. The van der Waals surface area contributed by atoms with E-state index in [4.69, 9.17) is 4.74 Å². The van der Waals surface area contributed by atoms with Gasteiger partial charge in [0.05, 0.1) is 0 Å². The molecule has 1 fully saturated rings. The first-order valence-corrected chi connectivity index (χ1v) is 8.90. The Kier molecular flexibility index (Phi) is 5.89. The van der Waals surface area contributed by atoms with Gasteiger partial charge in [-0.1, -0.05) is 36.4 Å². The van der Waals surface area contributed by atoms with Gasteiger partial charge in [-0.3, -0.25) is 4.79 Å². The fourth-order valence-electron chi connectivity index (χ4n) is 3.25. The highest BCUT2D eigenvalue weighted by Gasteiger charge is 2.18. The molecule has 0 radical (unpaired) electrons. The lowest BCUT2D eigenvalue weighted by Gasteiger charge is -2.26. The summed E-state index contributed by atoms with van der Waals surface area (Å²) in [6.45, 7) is 0.919. The van der Waals surface area contributed by atoms with Crippen LogP contribution in [-0.4, -0.2) is 18.6 Å². The molecule has 126 valence electrons. The molecule has 1 saturated heterocycles. The maximum absolute atomic E-state index is 11.6. The summed E-state index contributed by atoms with van der Waals surface area (Å²) in [5.74, 6) is -0.0273. The normalized spacial score (nSPS) is 17.8. The van der Waals surface area contributed by atoms with Crippen molar-refractivity contribution in [1.29, 1.82) is 0 Å². The van der Waals surface area contributed by atoms with Crippen molar-refractivity contribution in [3.63, 3.8) is 0 Å². The SMILES string of the molecule is O=C1CCCCC(CCCN(c2ccccc2)c2ccccc2)O1. The molecule has 24 heavy (non-hydrogen) atoms. The molecule has 0 amide bonds. The van der Waals surface area contributed by atoms with Gasteiger partial charge in [-0.05, 0) is 56.4 Å². The number of benzene rings is 2. The van der Waals surface area contributed by atoms with Crippen molar-refractivity contribution in [2.24, 2.45) is 0 Å². The quantitative estimate of drug-likeness (QED) is 0.693. The summed E-state index contributed by atoms with van der Waals surface area (Å²) in [4.78, 5) is 13.9. The number of hydrogen-bond donors (Lipinski definition) is 0. The van der Waals surface area contributed by atoms with Crippen molar-refractivity contribution >= 4 is 17.3 Å². The number of para-hydroxylation sites is 2. The van der Waals surface area contributed by atoms with Crippen LogP contribution in [-0.2, 0) is 9.53 Å². The number of carbonyl (C=O) groups is 1. The molecule has 1 aliphatic heterocycles. The third-order valence-corrected chi connectivity index (χ3v) is 4.50. The molecular formula is C21H25NO2. The van der Waals surface area contributed by atoms with Gasteiger partial charge in [-0.25, -0.2) is 0 Å². The van der Waals surface area contributed by atoms with Gasteiger partial charge >= 0.3 is 5.97 Å². The lowest BCUT2D eigenvalue weighted by atomic mass is 10.1. The summed E-state index contributed by atoms with van der Waals surface area (Å²) < 4.78 is 5.55. The maximum Gasteiger partial charge on any atom is 0.306 e. The predicted molar refractivity (Wildman–Crippen MR) is 97.5 cm³/mol. The summed E-state index contributed by atoms with van der Waals surface area (Å²) in [6, 6.07) is 20.9. The van der Waals surface area contributed by atoms with Crippen molar-refractivity contribution in [2.75, 3.05) is 11.4 Å². The molecular weight excluding hydrogens is 298 g/mol. The number of nitrogens with zero attached hydrogens (tertiary/aromatic N) is 1. The van der Waals surface area contributed by atoms with E-state index in [0.29, 0.717) is 6.42 Å². The third kappa shape index (κ3) is 4.60. The van der Waals surface area contributed by atoms with Crippen molar-refractivity contribution in [2.45, 2.75) is 44.6 Å². The molecule has 0 saturated carbocycles. The molecule has 0 aromatic heterocycles. The summed E-state index contributed by atoms with van der Waals surface area (Å²) in [7, 11) is 0. The van der Waals surface area contributed by atoms with E-state index in [1.54, 1.807) is 0 Å². The van der Waals surface area contributed by atoms with Gasteiger partial charge in [0.2, 0.25) is 0 Å². The van der Waals surface area contributed by atoms with Crippen LogP contribution in [0.15, 0.2) is 60.7 Å². The second-order valence-corrected chi connectivity index (χ2v) is 6.32. The first-order chi connectivity index (χ1) is 11.8. The second-order valence-electron chi connectivity index (χ2n) is 6.32. The van der Waals surface area contributed by atoms with Crippen LogP contribution >= 0.6 is 0 Å². The van der Waals surface area contributed by atoms with E-state index in [1.165, 1.54) is 11.4 Å². The molecule has 0 bridgehead atoms. The van der Waals surface area contributed by atoms with Gasteiger partial charge in [0.15, 0.2) is 0 Å². The van der Waals surface area contributed by atoms with E-state index in [2.05, 4.69) is 53.4 Å². The zero-order valence-corrected chi connectivity index (χ0v) is 14.1. The molecule has 3 nitrogen and oxygen atoms in total. The topological polar surface area (TPSA) is 29.5 Å². The number of ether oxygens (including phenoxy) is 1. The average molecular weight is 323 g/mol. The molecule has 0 N–H and O–H groups in total. The van der Waals surface area contributed by atoms with Crippen molar-refractivity contribution in [1.82, 2.24) is 0 Å². The van der Waals surface area contributed by atoms with Crippen LogP contribution < -0.4 is 4.90 Å². The van der Waals surface area contributed by atoms with E-state index in [9.17, 15) is 4.79 Å². The van der Waals surface area contributed by atoms with Gasteiger partial charge in [0.1, 0.15) is 6.10 Å². The largest absolute Gasteiger partial charge is 0.462 e. The van der Waals surface area contributed by atoms with Crippen LogP contribution in [0.25, 0.3) is 0 Å². The zero-order valence-electron chi connectivity index (χ0n) is 14.1. The van der Waals surface area contributed by atoms with Crippen LogP contribution in [0.2, 0.25) is 0 Å². The molecule has 0 aliphatic carbocycles. The summed E-state index contributed by atoms with van der Waals surface area (Å²) in [5, 5.41) is 0. The van der Waals surface area contributed by atoms with Crippen LogP contribution in [0.3, 0.4) is 0 Å². The fraction of sp³-hybridized carbons (Fsp3) is 0.381. The van der Waals surface area contributed by atoms with Crippen molar-refractivity contribution in [3.8, 4) is 0 Å². The van der Waals surface area contributed by atoms with E-state index < -0.39 is 0 Å². The lowest BCUT2D eigenvalue weighted by Crippen LogP contribution is -2.21. The number of rotatable bonds is 6. The minimum Gasteiger partial charge on any atom is -0.462 e. The Balaban J connectivity index is 1.63. The van der Waals surface area contributed by atoms with Gasteiger partial charge < -0.3 is 9.64 Å². The Bertz CT molecular complexity index is 587. The van der Waals surface area contributed by atoms with Crippen LogP contribution in [0.1, 0.15) is 38.5 Å². The molecule has 3 rings (SSSR count). The highest BCUT2D eigenvalue weighted by atomic mass is 16.5. The highest BCUT2D eigenvalue weighted by molar-refractivity contribution is 5.69. The average Bonchev–Trinajstić information content (AvgIpc) is 2.84. The molecule has 1 heterocycles. The van der Waals surface area contributed by atoms with Gasteiger partial charge in [-0.2, -0.15) is 0 Å². The minimum atomic E-state index is -0.0273. The number of carbonyl (C=O) groups excluding carboxylic acids is 1. The molecule has 1 atom stereocenters. The Morgan fingerprint density at radius 3 is 2.17 bits per heavy atom. The molecule has 1 aliphatic rings. The smallest absolute Gasteiger partial charge is 0.306 e. The summed E-state index contributed by atoms with van der Waals surface area (Å²) >= 11 is 0. The van der Waals surface area contributed by atoms with Crippen LogP contribution in [0.4, 0.5) is 11.4 Å². The van der Waals surface area contributed by atoms with Crippen LogP contribution in [0.5, 0.6) is 0 Å². The molecule has 2 aromatic rings. The first-order valence-electron chi connectivity index (χ1n) is 8.90. The van der Waals surface area contributed by atoms with Crippen molar-refractivity contribution in [3.05, 3.63) is 60.7 Å². The van der Waals surface area contributed by atoms with Gasteiger partial charge in [0, 0.05) is 24.3 Å². The van der Waals surface area contributed by atoms with E-state index in [1.807, 2.05) is 12.1 Å². The Morgan fingerprint density at radius 2 is 1.54 bits per heavy atom. The van der Waals surface area contributed by atoms with E-state index >= 15 is 0 Å². The highest BCUT2D eigenvalue weighted by Crippen LogP contribution is 2.26. The summed E-state index contributed by atoms with van der Waals surface area (Å²) in [6.07, 6.45) is 5.67. The molecule has 3 heteroatoms. The first kappa shape index (κ1) is 16.6. The molecule has 0 spiro atoms. The zero-order chi connectivity index (χ0) is 16.6. The standard InChI is InChI=1S/C21H25NO2/c23-21-16-8-7-14-20(24-21)15-9-17-22(18-10-3-1-4-11-18)19-12-5-2-6-13-19/h1-6,10-13,20H,7-9,14-17H2.